The van der Waals surface area contributed by atoms with E-state index in [-0.39, 0.29) is 0 Å². The van der Waals surface area contributed by atoms with E-state index in [0.717, 1.165) is 26.5 Å². The van der Waals surface area contributed by atoms with Gasteiger partial charge in [-0.2, -0.15) is 0 Å². The van der Waals surface area contributed by atoms with Crippen LogP contribution < -0.4 is 10.3 Å². The van der Waals surface area contributed by atoms with E-state index in [2.05, 4.69) is 17.1 Å². The van der Waals surface area contributed by atoms with E-state index in [9.17, 15) is 0 Å². The number of hydrogen-bond donors (Lipinski definition) is 1. The van der Waals surface area contributed by atoms with Gasteiger partial charge in [-0.3, -0.25) is 5.41 Å². The van der Waals surface area contributed by atoms with Crippen LogP contribution >= 0.6 is 11.3 Å². The van der Waals surface area contributed by atoms with Crippen molar-refractivity contribution in [3.8, 4) is 10.6 Å². The van der Waals surface area contributed by atoms with E-state index in [4.69, 9.17) is 5.41 Å². The molecule has 1 heterocycles. The van der Waals surface area contributed by atoms with Crippen molar-refractivity contribution in [1.82, 2.24) is 4.98 Å². The molecule has 4 heteroatoms. The smallest absolute Gasteiger partial charge is 0.106 e. The number of nitrogens with zero attached hydrogens (tertiary/aromatic N) is 2. The van der Waals surface area contributed by atoms with Crippen LogP contribution in [0.2, 0.25) is 0 Å². The Bertz CT molecular complexity index is 746. The molecule has 0 bridgehead atoms. The SMILES string of the molecule is CN(C)c1cc2sc3ccccc3nc-2c(=N)c1. The van der Waals surface area contributed by atoms with E-state index in [0.29, 0.717) is 5.36 Å². The third-order valence-corrected chi connectivity index (χ3v) is 3.99. The average Bonchev–Trinajstić information content (AvgIpc) is 2.36. The van der Waals surface area contributed by atoms with Gasteiger partial charge >= 0.3 is 0 Å². The summed E-state index contributed by atoms with van der Waals surface area (Å²) >= 11 is 1.69. The van der Waals surface area contributed by atoms with Crippen molar-refractivity contribution in [3.63, 3.8) is 0 Å². The van der Waals surface area contributed by atoms with Gasteiger partial charge in [-0.05, 0) is 24.3 Å². The predicted molar refractivity (Wildman–Crippen MR) is 76.4 cm³/mol. The van der Waals surface area contributed by atoms with Crippen molar-refractivity contribution < 1.29 is 0 Å². The van der Waals surface area contributed by atoms with Gasteiger partial charge in [0.15, 0.2) is 0 Å². The van der Waals surface area contributed by atoms with Crippen molar-refractivity contribution in [2.24, 2.45) is 0 Å². The molecule has 18 heavy (non-hydrogen) atoms. The van der Waals surface area contributed by atoms with E-state index in [1.807, 2.05) is 43.3 Å². The summed E-state index contributed by atoms with van der Waals surface area (Å²) in [5, 5.41) is 8.58. The second-order valence-electron chi connectivity index (χ2n) is 4.42. The normalized spacial score (nSPS) is 11.0. The van der Waals surface area contributed by atoms with E-state index >= 15 is 0 Å². The second kappa shape index (κ2) is 4.07. The Labute approximate surface area is 109 Å². The lowest BCUT2D eigenvalue weighted by molar-refractivity contribution is 1.11. The molecule has 1 N–H and O–H groups in total. The first-order valence-corrected chi connectivity index (χ1v) is 6.52. The number of nitrogens with one attached hydrogen (secondary N) is 1. The van der Waals surface area contributed by atoms with Crippen LogP contribution in [0.5, 0.6) is 0 Å². The molecule has 0 saturated heterocycles. The summed E-state index contributed by atoms with van der Waals surface area (Å²) in [4.78, 5) is 7.66. The van der Waals surface area contributed by atoms with Gasteiger partial charge < -0.3 is 4.90 Å². The Morgan fingerprint density at radius 1 is 1.17 bits per heavy atom. The van der Waals surface area contributed by atoms with Crippen molar-refractivity contribution in [1.29, 1.82) is 5.41 Å². The molecule has 1 aromatic rings. The summed E-state index contributed by atoms with van der Waals surface area (Å²) in [6.45, 7) is 0. The van der Waals surface area contributed by atoms with Crippen molar-refractivity contribution >= 4 is 27.2 Å². The van der Waals surface area contributed by atoms with Gasteiger partial charge in [-0.25, -0.2) is 4.98 Å². The molecule has 0 saturated carbocycles. The molecular weight excluding hydrogens is 242 g/mol. The molecule has 0 aromatic heterocycles. The zero-order valence-electron chi connectivity index (χ0n) is 10.3. The average molecular weight is 255 g/mol. The highest BCUT2D eigenvalue weighted by Gasteiger charge is 2.11. The fourth-order valence-corrected chi connectivity index (χ4v) is 2.95. The maximum atomic E-state index is 8.09. The van der Waals surface area contributed by atoms with Crippen LogP contribution in [0.4, 0.5) is 5.69 Å². The van der Waals surface area contributed by atoms with Gasteiger partial charge in [0.05, 0.1) is 20.5 Å². The number of rotatable bonds is 1. The third kappa shape index (κ3) is 1.75. The van der Waals surface area contributed by atoms with Crippen LogP contribution in [-0.4, -0.2) is 19.1 Å². The first-order chi connectivity index (χ1) is 8.65. The topological polar surface area (TPSA) is 40.0 Å². The van der Waals surface area contributed by atoms with E-state index < -0.39 is 0 Å². The predicted octanol–water partition coefficient (Wildman–Crippen LogP) is 2.95. The minimum atomic E-state index is 0.484. The van der Waals surface area contributed by atoms with Gasteiger partial charge in [0.25, 0.3) is 0 Å². The minimum Gasteiger partial charge on any atom is -0.378 e. The Morgan fingerprint density at radius 3 is 2.72 bits per heavy atom. The standard InChI is InChI=1S/C14H13N3S/c1-17(2)9-7-10(15)14-13(8-9)18-12-6-4-3-5-11(12)16-14/h3-8,15H,1-2H3. The first-order valence-electron chi connectivity index (χ1n) is 5.71. The fourth-order valence-electron chi connectivity index (χ4n) is 1.92. The number of benzene rings is 2. The van der Waals surface area contributed by atoms with Crippen LogP contribution in [0.3, 0.4) is 0 Å². The second-order valence-corrected chi connectivity index (χ2v) is 5.50. The summed E-state index contributed by atoms with van der Waals surface area (Å²) < 4.78 is 1.15. The van der Waals surface area contributed by atoms with Crippen molar-refractivity contribution in [2.75, 3.05) is 19.0 Å². The Hall–Kier alpha value is -1.94. The maximum Gasteiger partial charge on any atom is 0.106 e. The minimum absolute atomic E-state index is 0.484. The Balaban J connectivity index is 2.40. The van der Waals surface area contributed by atoms with Gasteiger partial charge in [0.1, 0.15) is 5.69 Å². The molecule has 3 rings (SSSR count). The molecule has 1 aliphatic carbocycles. The highest BCUT2D eigenvalue weighted by molar-refractivity contribution is 7.21. The molecule has 0 radical (unpaired) electrons. The highest BCUT2D eigenvalue weighted by atomic mass is 32.1. The zero-order valence-corrected chi connectivity index (χ0v) is 11.1. The lowest BCUT2D eigenvalue weighted by atomic mass is 10.2. The molecule has 1 aromatic carbocycles. The molecule has 3 nitrogen and oxygen atoms in total. The number of aromatic nitrogens is 1. The summed E-state index contributed by atoms with van der Waals surface area (Å²) in [5.41, 5.74) is 2.78. The van der Waals surface area contributed by atoms with Crippen LogP contribution in [-0.2, 0) is 0 Å². The molecule has 0 fully saturated rings. The molecule has 0 spiro atoms. The van der Waals surface area contributed by atoms with Crippen molar-refractivity contribution in [2.45, 2.75) is 0 Å². The number of anilines is 1. The van der Waals surface area contributed by atoms with Crippen molar-refractivity contribution in [3.05, 3.63) is 41.8 Å². The lowest BCUT2D eigenvalue weighted by Crippen LogP contribution is -2.14. The molecule has 0 atom stereocenters. The van der Waals surface area contributed by atoms with E-state index in [1.165, 1.54) is 0 Å². The molecule has 1 aliphatic heterocycles. The zero-order chi connectivity index (χ0) is 12.7. The highest BCUT2D eigenvalue weighted by Crippen LogP contribution is 2.30. The number of fused-ring (bicyclic) bond motifs is 2. The molecule has 0 unspecified atom stereocenters. The summed E-state index contributed by atoms with van der Waals surface area (Å²) in [5.74, 6) is 0. The lowest BCUT2D eigenvalue weighted by Gasteiger charge is -2.15. The van der Waals surface area contributed by atoms with Crippen LogP contribution in [0, 0.1) is 5.41 Å². The Kier molecular flexibility index (Phi) is 2.52. The van der Waals surface area contributed by atoms with Crippen LogP contribution in [0.15, 0.2) is 36.4 Å². The summed E-state index contributed by atoms with van der Waals surface area (Å²) in [6, 6.07) is 12.0. The third-order valence-electron chi connectivity index (χ3n) is 2.89. The number of hydrogen-bond acceptors (Lipinski definition) is 4. The molecule has 0 amide bonds. The maximum absolute atomic E-state index is 8.09. The van der Waals surface area contributed by atoms with Gasteiger partial charge in [0.2, 0.25) is 0 Å². The molecule has 2 aliphatic rings. The van der Waals surface area contributed by atoms with Crippen LogP contribution in [0.1, 0.15) is 0 Å². The van der Waals surface area contributed by atoms with Gasteiger partial charge in [0, 0.05) is 19.8 Å². The van der Waals surface area contributed by atoms with Crippen LogP contribution in [0.25, 0.3) is 20.8 Å². The fraction of sp³-hybridized carbons (Fsp3) is 0.143. The Morgan fingerprint density at radius 2 is 1.94 bits per heavy atom. The molecular formula is C14H13N3S. The monoisotopic (exact) mass is 255 g/mol. The molecule has 90 valence electrons. The van der Waals surface area contributed by atoms with Gasteiger partial charge in [-0.1, -0.05) is 12.1 Å². The largest absolute Gasteiger partial charge is 0.378 e. The van der Waals surface area contributed by atoms with Gasteiger partial charge in [-0.15, -0.1) is 11.3 Å². The summed E-state index contributed by atoms with van der Waals surface area (Å²) in [6.07, 6.45) is 0. The summed E-state index contributed by atoms with van der Waals surface area (Å²) in [7, 11) is 3.97. The number of para-hydroxylation sites is 1. The van der Waals surface area contributed by atoms with E-state index in [1.54, 1.807) is 11.3 Å². The quantitative estimate of drug-likeness (QED) is 0.679. The first kappa shape index (κ1) is 11.2.